The molecule has 136 valence electrons. The summed E-state index contributed by atoms with van der Waals surface area (Å²) < 4.78 is 7.08. The third-order valence-electron chi connectivity index (χ3n) is 4.43. The molecule has 0 saturated carbocycles. The molecular weight excluding hydrogens is 338 g/mol. The van der Waals surface area contributed by atoms with Crippen molar-refractivity contribution >= 4 is 22.7 Å². The molecule has 4 atom stereocenters. The first kappa shape index (κ1) is 16.9. The summed E-state index contributed by atoms with van der Waals surface area (Å²) in [7, 11) is 0. The van der Waals surface area contributed by atoms with Gasteiger partial charge in [-0.15, -0.1) is 0 Å². The van der Waals surface area contributed by atoms with Gasteiger partial charge in [0.05, 0.1) is 12.9 Å². The highest BCUT2D eigenvalue weighted by Gasteiger charge is 2.44. The number of aryl methyl sites for hydroxylation is 1. The van der Waals surface area contributed by atoms with Crippen molar-refractivity contribution in [3.05, 3.63) is 42.5 Å². The molecule has 9 heteroatoms. The van der Waals surface area contributed by atoms with Crippen LogP contribution >= 0.6 is 0 Å². The van der Waals surface area contributed by atoms with Gasteiger partial charge in [0.2, 0.25) is 0 Å². The molecule has 0 bridgehead atoms. The van der Waals surface area contributed by atoms with Crippen LogP contribution < -0.4 is 5.32 Å². The number of rotatable bonds is 4. The van der Waals surface area contributed by atoms with Crippen molar-refractivity contribution in [2.24, 2.45) is 0 Å². The minimum absolute atomic E-state index is 0.392. The number of aliphatic hydroxyl groups excluding tert-OH is 3. The van der Waals surface area contributed by atoms with Gasteiger partial charge < -0.3 is 25.4 Å². The zero-order chi connectivity index (χ0) is 18.3. The molecule has 26 heavy (non-hydrogen) atoms. The smallest absolute Gasteiger partial charge is 0.167 e. The van der Waals surface area contributed by atoms with E-state index in [0.29, 0.717) is 17.0 Å². The number of hydrogen-bond donors (Lipinski definition) is 4. The van der Waals surface area contributed by atoms with Gasteiger partial charge in [-0.3, -0.25) is 4.57 Å². The topological polar surface area (TPSA) is 126 Å². The quantitative estimate of drug-likeness (QED) is 0.532. The Bertz CT molecular complexity index is 930. The molecule has 0 unspecified atom stereocenters. The highest BCUT2D eigenvalue weighted by molar-refractivity contribution is 5.85. The number of nitrogens with one attached hydrogen (secondary N) is 1. The average molecular weight is 357 g/mol. The Hall–Kier alpha value is -2.59. The SMILES string of the molecule is Cc1cccc(Nc2ncnc3c2ncn3[C@@H]2O[C@H](CO)[C@@H](O)[C@H]2O)c1. The Balaban J connectivity index is 1.69. The zero-order valence-corrected chi connectivity index (χ0v) is 14.0. The first-order valence-electron chi connectivity index (χ1n) is 8.22. The van der Waals surface area contributed by atoms with E-state index < -0.39 is 31.1 Å². The maximum absolute atomic E-state index is 10.2. The van der Waals surface area contributed by atoms with Crippen molar-refractivity contribution < 1.29 is 20.1 Å². The van der Waals surface area contributed by atoms with E-state index in [-0.39, 0.29) is 0 Å². The van der Waals surface area contributed by atoms with Crippen LogP contribution in [-0.4, -0.2) is 59.8 Å². The first-order chi connectivity index (χ1) is 12.6. The lowest BCUT2D eigenvalue weighted by Gasteiger charge is -2.16. The van der Waals surface area contributed by atoms with Crippen LogP contribution in [-0.2, 0) is 4.74 Å². The third kappa shape index (κ3) is 2.80. The summed E-state index contributed by atoms with van der Waals surface area (Å²) >= 11 is 0. The van der Waals surface area contributed by atoms with Gasteiger partial charge in [0.1, 0.15) is 24.6 Å². The highest BCUT2D eigenvalue weighted by atomic mass is 16.6. The molecule has 9 nitrogen and oxygen atoms in total. The number of fused-ring (bicyclic) bond motifs is 1. The minimum atomic E-state index is -1.20. The van der Waals surface area contributed by atoms with E-state index in [1.54, 1.807) is 0 Å². The summed E-state index contributed by atoms with van der Waals surface area (Å²) in [6.07, 6.45) is -1.28. The number of aromatic nitrogens is 4. The van der Waals surface area contributed by atoms with Crippen molar-refractivity contribution in [2.45, 2.75) is 31.5 Å². The molecule has 1 aromatic carbocycles. The third-order valence-corrected chi connectivity index (χ3v) is 4.43. The Morgan fingerprint density at radius 1 is 1.19 bits per heavy atom. The normalized spacial score (nSPS) is 25.7. The average Bonchev–Trinajstić information content (AvgIpc) is 3.18. The molecule has 0 radical (unpaired) electrons. The Kier molecular flexibility index (Phi) is 4.29. The molecule has 1 aliphatic heterocycles. The van der Waals surface area contributed by atoms with E-state index >= 15 is 0 Å². The Labute approximate surface area is 148 Å². The Morgan fingerprint density at radius 3 is 2.77 bits per heavy atom. The molecule has 0 amide bonds. The molecule has 4 N–H and O–H groups in total. The summed E-state index contributed by atoms with van der Waals surface area (Å²) in [6, 6.07) is 7.84. The van der Waals surface area contributed by atoms with Gasteiger partial charge >= 0.3 is 0 Å². The van der Waals surface area contributed by atoms with E-state index in [4.69, 9.17) is 4.74 Å². The summed E-state index contributed by atoms with van der Waals surface area (Å²) in [5, 5.41) is 32.7. The van der Waals surface area contributed by atoms with Crippen LogP contribution in [0.1, 0.15) is 11.8 Å². The van der Waals surface area contributed by atoms with Gasteiger partial charge in [-0.1, -0.05) is 12.1 Å². The fourth-order valence-electron chi connectivity index (χ4n) is 3.10. The lowest BCUT2D eigenvalue weighted by molar-refractivity contribution is -0.0511. The molecular formula is C17H19N5O4. The number of benzene rings is 1. The second-order valence-corrected chi connectivity index (χ2v) is 6.27. The molecule has 3 aromatic rings. The highest BCUT2D eigenvalue weighted by Crippen LogP contribution is 2.32. The van der Waals surface area contributed by atoms with Gasteiger partial charge in [0.15, 0.2) is 23.2 Å². The lowest BCUT2D eigenvalue weighted by atomic mass is 10.1. The molecule has 0 aliphatic carbocycles. The predicted molar refractivity (Wildman–Crippen MR) is 92.8 cm³/mol. The lowest BCUT2D eigenvalue weighted by Crippen LogP contribution is -2.33. The van der Waals surface area contributed by atoms with Crippen molar-refractivity contribution in [1.29, 1.82) is 0 Å². The molecule has 4 rings (SSSR count). The molecule has 1 saturated heterocycles. The Morgan fingerprint density at radius 2 is 2.04 bits per heavy atom. The van der Waals surface area contributed by atoms with Gasteiger partial charge in [0, 0.05) is 5.69 Å². The second kappa shape index (κ2) is 6.61. The van der Waals surface area contributed by atoms with Gasteiger partial charge in [-0.25, -0.2) is 15.0 Å². The predicted octanol–water partition coefficient (Wildman–Crippen LogP) is 0.490. The van der Waals surface area contributed by atoms with E-state index in [0.717, 1.165) is 11.3 Å². The molecule has 0 spiro atoms. The van der Waals surface area contributed by atoms with E-state index in [1.807, 2.05) is 31.2 Å². The maximum atomic E-state index is 10.2. The number of nitrogens with zero attached hydrogens (tertiary/aromatic N) is 4. The summed E-state index contributed by atoms with van der Waals surface area (Å²) in [6.45, 7) is 1.60. The van der Waals surface area contributed by atoms with Crippen LogP contribution in [0.2, 0.25) is 0 Å². The van der Waals surface area contributed by atoms with Crippen molar-refractivity contribution in [3.63, 3.8) is 0 Å². The molecule has 1 fully saturated rings. The van der Waals surface area contributed by atoms with Crippen molar-refractivity contribution in [2.75, 3.05) is 11.9 Å². The van der Waals surface area contributed by atoms with E-state index in [9.17, 15) is 15.3 Å². The summed E-state index contributed by atoms with van der Waals surface area (Å²) in [5.41, 5.74) is 2.93. The molecule has 3 heterocycles. The number of imidazole rings is 1. The number of aliphatic hydroxyl groups is 3. The van der Waals surface area contributed by atoms with Crippen LogP contribution in [0.15, 0.2) is 36.9 Å². The number of ether oxygens (including phenoxy) is 1. The van der Waals surface area contributed by atoms with Gasteiger partial charge in [-0.05, 0) is 24.6 Å². The second-order valence-electron chi connectivity index (χ2n) is 6.27. The van der Waals surface area contributed by atoms with E-state index in [2.05, 4.69) is 20.3 Å². The van der Waals surface area contributed by atoms with Crippen molar-refractivity contribution in [1.82, 2.24) is 19.5 Å². The van der Waals surface area contributed by atoms with Gasteiger partial charge in [0.25, 0.3) is 0 Å². The fraction of sp³-hybridized carbons (Fsp3) is 0.353. The number of anilines is 2. The maximum Gasteiger partial charge on any atom is 0.167 e. The number of hydrogen-bond acceptors (Lipinski definition) is 8. The minimum Gasteiger partial charge on any atom is -0.394 e. The molecule has 2 aromatic heterocycles. The van der Waals surface area contributed by atoms with Gasteiger partial charge in [-0.2, -0.15) is 0 Å². The van der Waals surface area contributed by atoms with Crippen LogP contribution in [0.25, 0.3) is 11.2 Å². The van der Waals surface area contributed by atoms with Crippen LogP contribution in [0.5, 0.6) is 0 Å². The summed E-state index contributed by atoms with van der Waals surface area (Å²) in [4.78, 5) is 12.8. The van der Waals surface area contributed by atoms with Crippen LogP contribution in [0, 0.1) is 6.92 Å². The van der Waals surface area contributed by atoms with Crippen molar-refractivity contribution in [3.8, 4) is 0 Å². The standard InChI is InChI=1S/C17H19N5O4/c1-9-3-2-4-10(5-9)21-15-12-16(19-7-18-15)22(8-20-12)17-14(25)13(24)11(6-23)26-17/h2-5,7-8,11,13-14,17,23-25H,6H2,1H3,(H,18,19,21)/t11-,13-,14-,17-/m1/s1. The largest absolute Gasteiger partial charge is 0.394 e. The molecule has 1 aliphatic rings. The first-order valence-corrected chi connectivity index (χ1v) is 8.22. The van der Waals surface area contributed by atoms with E-state index in [1.165, 1.54) is 17.2 Å². The summed E-state index contributed by atoms with van der Waals surface area (Å²) in [5.74, 6) is 0.520. The fourth-order valence-corrected chi connectivity index (χ4v) is 3.10. The monoisotopic (exact) mass is 357 g/mol. The zero-order valence-electron chi connectivity index (χ0n) is 14.0. The van der Waals surface area contributed by atoms with Crippen LogP contribution in [0.3, 0.4) is 0 Å². The van der Waals surface area contributed by atoms with Crippen LogP contribution in [0.4, 0.5) is 11.5 Å².